The number of amides is 1. The molecule has 1 aromatic carbocycles. The van der Waals surface area contributed by atoms with Gasteiger partial charge in [0.25, 0.3) is 0 Å². The van der Waals surface area contributed by atoms with Crippen molar-refractivity contribution < 1.29 is 19.2 Å². The van der Waals surface area contributed by atoms with Crippen LogP contribution in [-0.2, 0) is 9.31 Å². The highest BCUT2D eigenvalue weighted by atomic mass is 16.7. The molecule has 2 heterocycles. The molecule has 0 radical (unpaired) electrons. The van der Waals surface area contributed by atoms with Gasteiger partial charge in [0.15, 0.2) is 0 Å². The summed E-state index contributed by atoms with van der Waals surface area (Å²) in [7, 11) is -0.365. The number of benzene rings is 1. The number of carbonyl (C=O) groups is 1. The first-order valence-electron chi connectivity index (χ1n) is 8.88. The smallest absolute Gasteiger partial charge is 0.465 e. The molecule has 2 aliphatic rings. The maximum absolute atomic E-state index is 10.8. The molecule has 6 nitrogen and oxygen atoms in total. The molecule has 2 aliphatic heterocycles. The van der Waals surface area contributed by atoms with Crippen LogP contribution in [0.2, 0.25) is 0 Å². The van der Waals surface area contributed by atoms with E-state index in [4.69, 9.17) is 14.4 Å². The molecular weight excluding hydrogens is 319 g/mol. The molecule has 0 spiro atoms. The van der Waals surface area contributed by atoms with Crippen LogP contribution < -0.4 is 15.7 Å². The van der Waals surface area contributed by atoms with Gasteiger partial charge in [0.05, 0.1) is 11.2 Å². The first kappa shape index (κ1) is 18.1. The highest BCUT2D eigenvalue weighted by Gasteiger charge is 2.51. The van der Waals surface area contributed by atoms with Crippen molar-refractivity contribution in [2.75, 3.05) is 18.0 Å². The lowest BCUT2D eigenvalue weighted by Crippen LogP contribution is -2.44. The zero-order chi connectivity index (χ0) is 18.2. The third-order valence-corrected chi connectivity index (χ3v) is 5.58. The SMILES string of the molecule is CC1(C)OB(c2cccc(N3CCC(NC(=O)O)CC3)c2)OC1(C)C. The van der Waals surface area contributed by atoms with E-state index in [2.05, 4.69) is 50.0 Å². The minimum atomic E-state index is -0.943. The summed E-state index contributed by atoms with van der Waals surface area (Å²) in [5.74, 6) is 0. The summed E-state index contributed by atoms with van der Waals surface area (Å²) >= 11 is 0. The number of nitrogens with zero attached hydrogens (tertiary/aromatic N) is 1. The molecule has 0 bridgehead atoms. The molecule has 7 heteroatoms. The van der Waals surface area contributed by atoms with Crippen LogP contribution in [0.3, 0.4) is 0 Å². The van der Waals surface area contributed by atoms with Crippen molar-refractivity contribution in [1.82, 2.24) is 5.32 Å². The van der Waals surface area contributed by atoms with E-state index < -0.39 is 6.09 Å². The fourth-order valence-electron chi connectivity index (χ4n) is 3.30. The predicted molar refractivity (Wildman–Crippen MR) is 98.6 cm³/mol. The zero-order valence-corrected chi connectivity index (χ0v) is 15.4. The fraction of sp³-hybridized carbons (Fsp3) is 0.611. The molecule has 2 N–H and O–H groups in total. The first-order chi connectivity index (χ1) is 11.7. The molecule has 0 saturated carbocycles. The van der Waals surface area contributed by atoms with Crippen molar-refractivity contribution >= 4 is 24.4 Å². The largest absolute Gasteiger partial charge is 0.494 e. The lowest BCUT2D eigenvalue weighted by atomic mass is 9.79. The van der Waals surface area contributed by atoms with Crippen molar-refractivity contribution in [3.05, 3.63) is 24.3 Å². The first-order valence-corrected chi connectivity index (χ1v) is 8.88. The highest BCUT2D eigenvalue weighted by molar-refractivity contribution is 6.62. The van der Waals surface area contributed by atoms with Crippen LogP contribution in [0.1, 0.15) is 40.5 Å². The van der Waals surface area contributed by atoms with Crippen LogP contribution in [0.15, 0.2) is 24.3 Å². The van der Waals surface area contributed by atoms with Gasteiger partial charge in [-0.1, -0.05) is 12.1 Å². The Morgan fingerprint density at radius 1 is 1.20 bits per heavy atom. The number of carboxylic acid groups (broad SMARTS) is 1. The molecule has 3 rings (SSSR count). The van der Waals surface area contributed by atoms with Gasteiger partial charge in [0.2, 0.25) is 0 Å². The number of nitrogens with one attached hydrogen (secondary N) is 1. The van der Waals surface area contributed by atoms with Crippen LogP contribution in [0, 0.1) is 0 Å². The summed E-state index contributed by atoms with van der Waals surface area (Å²) in [5, 5.41) is 11.4. The van der Waals surface area contributed by atoms with Gasteiger partial charge in [-0.3, -0.25) is 0 Å². The second-order valence-corrected chi connectivity index (χ2v) is 7.89. The van der Waals surface area contributed by atoms with E-state index in [1.54, 1.807) is 0 Å². The Bertz CT molecular complexity index is 626. The van der Waals surface area contributed by atoms with Crippen molar-refractivity contribution in [2.45, 2.75) is 57.8 Å². The quantitative estimate of drug-likeness (QED) is 0.822. The van der Waals surface area contributed by atoms with E-state index in [0.717, 1.165) is 37.1 Å². The molecule has 1 aromatic rings. The maximum Gasteiger partial charge on any atom is 0.494 e. The minimum absolute atomic E-state index is 0.0417. The van der Waals surface area contributed by atoms with Gasteiger partial charge in [-0.05, 0) is 58.1 Å². The molecule has 0 aliphatic carbocycles. The summed E-state index contributed by atoms with van der Waals surface area (Å²) < 4.78 is 12.3. The van der Waals surface area contributed by atoms with E-state index in [1.165, 1.54) is 0 Å². The van der Waals surface area contributed by atoms with E-state index in [1.807, 2.05) is 12.1 Å². The van der Waals surface area contributed by atoms with Gasteiger partial charge in [-0.25, -0.2) is 4.79 Å². The molecule has 2 saturated heterocycles. The van der Waals surface area contributed by atoms with Gasteiger partial charge in [0, 0.05) is 24.8 Å². The van der Waals surface area contributed by atoms with Gasteiger partial charge >= 0.3 is 13.2 Å². The van der Waals surface area contributed by atoms with E-state index in [0.29, 0.717) is 0 Å². The Hall–Kier alpha value is -1.73. The molecule has 2 fully saturated rings. The zero-order valence-electron chi connectivity index (χ0n) is 15.4. The molecule has 25 heavy (non-hydrogen) atoms. The lowest BCUT2D eigenvalue weighted by molar-refractivity contribution is 0.00578. The Morgan fingerprint density at radius 2 is 1.80 bits per heavy atom. The summed E-state index contributed by atoms with van der Waals surface area (Å²) in [6, 6.07) is 8.30. The van der Waals surface area contributed by atoms with E-state index in [9.17, 15) is 4.79 Å². The molecular formula is C18H27BN2O4. The Labute approximate surface area is 149 Å². The normalized spacial score (nSPS) is 22.9. The summed E-state index contributed by atoms with van der Waals surface area (Å²) in [6.07, 6.45) is 0.682. The van der Waals surface area contributed by atoms with Crippen LogP contribution in [-0.4, -0.2) is 48.7 Å². The van der Waals surface area contributed by atoms with Crippen LogP contribution in [0.4, 0.5) is 10.5 Å². The third-order valence-electron chi connectivity index (χ3n) is 5.58. The van der Waals surface area contributed by atoms with Crippen molar-refractivity contribution in [1.29, 1.82) is 0 Å². The minimum Gasteiger partial charge on any atom is -0.465 e. The Kier molecular flexibility index (Phi) is 4.73. The topological polar surface area (TPSA) is 71.0 Å². The van der Waals surface area contributed by atoms with Gasteiger partial charge in [-0.15, -0.1) is 0 Å². The molecule has 1 amide bonds. The predicted octanol–water partition coefficient (Wildman–Crippen LogP) is 2.22. The standard InChI is InChI=1S/C18H27BN2O4/c1-17(2)18(3,4)25-19(24-17)13-6-5-7-15(12-13)21-10-8-14(9-11-21)20-16(22)23/h5-7,12,14,20H,8-11H2,1-4H3,(H,22,23). The van der Waals surface area contributed by atoms with Crippen LogP contribution in [0.5, 0.6) is 0 Å². The van der Waals surface area contributed by atoms with E-state index >= 15 is 0 Å². The molecule has 136 valence electrons. The molecule has 0 atom stereocenters. The monoisotopic (exact) mass is 346 g/mol. The maximum atomic E-state index is 10.8. The van der Waals surface area contributed by atoms with Crippen LogP contribution >= 0.6 is 0 Å². The van der Waals surface area contributed by atoms with Gasteiger partial charge in [-0.2, -0.15) is 0 Å². The Balaban J connectivity index is 1.68. The number of hydrogen-bond donors (Lipinski definition) is 2. The fourth-order valence-corrected chi connectivity index (χ4v) is 3.30. The van der Waals surface area contributed by atoms with Crippen molar-refractivity contribution in [3.8, 4) is 0 Å². The number of hydrogen-bond acceptors (Lipinski definition) is 4. The second kappa shape index (κ2) is 6.54. The van der Waals surface area contributed by atoms with Gasteiger partial charge in [0.1, 0.15) is 0 Å². The second-order valence-electron chi connectivity index (χ2n) is 7.89. The number of piperidine rings is 1. The lowest BCUT2D eigenvalue weighted by Gasteiger charge is -2.33. The van der Waals surface area contributed by atoms with E-state index in [-0.39, 0.29) is 24.4 Å². The summed E-state index contributed by atoms with van der Waals surface area (Å²) in [4.78, 5) is 13.0. The summed E-state index contributed by atoms with van der Waals surface area (Å²) in [5.41, 5.74) is 1.44. The van der Waals surface area contributed by atoms with Crippen molar-refractivity contribution in [3.63, 3.8) is 0 Å². The van der Waals surface area contributed by atoms with Gasteiger partial charge < -0.3 is 24.6 Å². The molecule has 0 unspecified atom stereocenters. The number of rotatable bonds is 3. The summed E-state index contributed by atoms with van der Waals surface area (Å²) in [6.45, 7) is 9.87. The highest BCUT2D eigenvalue weighted by Crippen LogP contribution is 2.36. The van der Waals surface area contributed by atoms with Crippen molar-refractivity contribution in [2.24, 2.45) is 0 Å². The Morgan fingerprint density at radius 3 is 2.36 bits per heavy atom. The number of anilines is 1. The average molecular weight is 346 g/mol. The third kappa shape index (κ3) is 3.77. The molecule has 0 aromatic heterocycles. The average Bonchev–Trinajstić information content (AvgIpc) is 2.76. The van der Waals surface area contributed by atoms with Crippen LogP contribution in [0.25, 0.3) is 0 Å².